The Labute approximate surface area is 115 Å². The van der Waals surface area contributed by atoms with Gasteiger partial charge in [0.15, 0.2) is 0 Å². The van der Waals surface area contributed by atoms with Crippen LogP contribution in [-0.2, 0) is 14.3 Å². The molecule has 110 valence electrons. The fourth-order valence-corrected chi connectivity index (χ4v) is 2.10. The van der Waals surface area contributed by atoms with Gasteiger partial charge in [0.05, 0.1) is 13.2 Å². The zero-order valence-electron chi connectivity index (χ0n) is 12.1. The minimum Gasteiger partial charge on any atom is -0.383 e. The van der Waals surface area contributed by atoms with Crippen molar-refractivity contribution in [2.24, 2.45) is 5.92 Å². The zero-order valence-corrected chi connectivity index (χ0v) is 12.1. The highest BCUT2D eigenvalue weighted by atomic mass is 16.5. The molecule has 1 aliphatic heterocycles. The number of nitrogens with zero attached hydrogens (tertiary/aromatic N) is 2. The number of rotatable bonds is 6. The second-order valence-corrected chi connectivity index (χ2v) is 5.07. The van der Waals surface area contributed by atoms with Gasteiger partial charge in [0.25, 0.3) is 0 Å². The Balaban J connectivity index is 2.60. The maximum atomic E-state index is 12.4. The Hall–Kier alpha value is -1.14. The predicted molar refractivity (Wildman–Crippen MR) is 72.7 cm³/mol. The standard InChI is InChI=1S/C13H25N3O3/c1-15(2)12(17)10-16(8-9-19-3)13(18)11-4-6-14-7-5-11/h11,14H,4-10H2,1-3H3. The molecule has 0 aromatic heterocycles. The molecule has 0 spiro atoms. The van der Waals surface area contributed by atoms with Crippen LogP contribution in [0.3, 0.4) is 0 Å². The molecule has 1 rings (SSSR count). The quantitative estimate of drug-likeness (QED) is 0.711. The van der Waals surface area contributed by atoms with Gasteiger partial charge >= 0.3 is 0 Å². The van der Waals surface area contributed by atoms with E-state index in [1.165, 1.54) is 4.90 Å². The predicted octanol–water partition coefficient (Wildman–Crippen LogP) is -0.451. The molecule has 0 unspecified atom stereocenters. The lowest BCUT2D eigenvalue weighted by Gasteiger charge is -2.29. The summed E-state index contributed by atoms with van der Waals surface area (Å²) >= 11 is 0. The summed E-state index contributed by atoms with van der Waals surface area (Å²) in [5.74, 6) is 0.0557. The van der Waals surface area contributed by atoms with Crippen LogP contribution in [0.5, 0.6) is 0 Å². The van der Waals surface area contributed by atoms with Crippen molar-refractivity contribution < 1.29 is 14.3 Å². The Morgan fingerprint density at radius 2 is 1.89 bits per heavy atom. The molecule has 6 heteroatoms. The Kier molecular flexibility index (Phi) is 6.80. The summed E-state index contributed by atoms with van der Waals surface area (Å²) in [5, 5.41) is 3.24. The molecule has 0 aliphatic carbocycles. The van der Waals surface area contributed by atoms with Gasteiger partial charge in [-0.25, -0.2) is 0 Å². The van der Waals surface area contributed by atoms with Crippen molar-refractivity contribution in [3.8, 4) is 0 Å². The molecule has 0 atom stereocenters. The molecule has 1 aliphatic rings. The lowest BCUT2D eigenvalue weighted by molar-refractivity contribution is -0.143. The summed E-state index contributed by atoms with van der Waals surface area (Å²) in [6, 6.07) is 0. The van der Waals surface area contributed by atoms with E-state index in [0.29, 0.717) is 13.2 Å². The third kappa shape index (κ3) is 5.16. The fraction of sp³-hybridized carbons (Fsp3) is 0.846. The van der Waals surface area contributed by atoms with Crippen molar-refractivity contribution in [1.82, 2.24) is 15.1 Å². The van der Waals surface area contributed by atoms with Gasteiger partial charge in [-0.3, -0.25) is 9.59 Å². The number of likely N-dealkylation sites (N-methyl/N-ethyl adjacent to an activating group) is 1. The number of ether oxygens (including phenoxy) is 1. The molecule has 0 radical (unpaired) electrons. The number of amides is 2. The number of carbonyl (C=O) groups is 2. The van der Waals surface area contributed by atoms with Crippen molar-refractivity contribution in [3.63, 3.8) is 0 Å². The van der Waals surface area contributed by atoms with Gasteiger partial charge in [-0.1, -0.05) is 0 Å². The van der Waals surface area contributed by atoms with Crippen LogP contribution in [0.4, 0.5) is 0 Å². The first-order valence-electron chi connectivity index (χ1n) is 6.75. The molecule has 1 fully saturated rings. The molecule has 1 heterocycles. The first-order valence-corrected chi connectivity index (χ1v) is 6.75. The molecule has 0 bridgehead atoms. The summed E-state index contributed by atoms with van der Waals surface area (Å²) < 4.78 is 5.02. The van der Waals surface area contributed by atoms with Crippen molar-refractivity contribution in [1.29, 1.82) is 0 Å². The minimum absolute atomic E-state index is 0.0352. The Morgan fingerprint density at radius 1 is 1.26 bits per heavy atom. The molecule has 19 heavy (non-hydrogen) atoms. The highest BCUT2D eigenvalue weighted by Crippen LogP contribution is 2.15. The lowest BCUT2D eigenvalue weighted by Crippen LogP contribution is -2.46. The zero-order chi connectivity index (χ0) is 14.3. The third-order valence-corrected chi connectivity index (χ3v) is 3.39. The van der Waals surface area contributed by atoms with Crippen molar-refractivity contribution in [3.05, 3.63) is 0 Å². The smallest absolute Gasteiger partial charge is 0.241 e. The molecule has 0 saturated carbocycles. The average Bonchev–Trinajstić information content (AvgIpc) is 2.43. The SMILES string of the molecule is COCCN(CC(=O)N(C)C)C(=O)C1CCNCC1. The average molecular weight is 271 g/mol. The lowest BCUT2D eigenvalue weighted by atomic mass is 9.96. The molecular formula is C13H25N3O3. The minimum atomic E-state index is -0.0570. The molecule has 1 saturated heterocycles. The number of hydrogen-bond acceptors (Lipinski definition) is 4. The summed E-state index contributed by atoms with van der Waals surface area (Å²) in [7, 11) is 5.00. The summed E-state index contributed by atoms with van der Waals surface area (Å²) in [4.78, 5) is 27.4. The normalized spacial score (nSPS) is 16.2. The van der Waals surface area contributed by atoms with Crippen LogP contribution in [0.25, 0.3) is 0 Å². The van der Waals surface area contributed by atoms with Crippen molar-refractivity contribution >= 4 is 11.8 Å². The molecule has 1 N–H and O–H groups in total. The molecule has 6 nitrogen and oxygen atoms in total. The largest absolute Gasteiger partial charge is 0.383 e. The number of nitrogens with one attached hydrogen (secondary N) is 1. The van der Waals surface area contributed by atoms with E-state index < -0.39 is 0 Å². The highest BCUT2D eigenvalue weighted by molar-refractivity contribution is 5.85. The fourth-order valence-electron chi connectivity index (χ4n) is 2.10. The number of piperidine rings is 1. The topological polar surface area (TPSA) is 61.9 Å². The number of carbonyl (C=O) groups excluding carboxylic acids is 2. The van der Waals surface area contributed by atoms with E-state index in [-0.39, 0.29) is 24.3 Å². The summed E-state index contributed by atoms with van der Waals surface area (Å²) in [5.41, 5.74) is 0. The first-order chi connectivity index (χ1) is 9.06. The highest BCUT2D eigenvalue weighted by Gasteiger charge is 2.27. The second kappa shape index (κ2) is 8.12. The molecule has 0 aromatic carbocycles. The number of methoxy groups -OCH3 is 1. The van der Waals surface area contributed by atoms with Crippen molar-refractivity contribution in [2.45, 2.75) is 12.8 Å². The van der Waals surface area contributed by atoms with E-state index in [1.54, 1.807) is 26.1 Å². The molecule has 2 amide bonds. The van der Waals surface area contributed by atoms with Gasteiger partial charge in [0, 0.05) is 33.7 Å². The van der Waals surface area contributed by atoms with Gasteiger partial charge in [0.2, 0.25) is 11.8 Å². The van der Waals surface area contributed by atoms with Gasteiger partial charge in [0.1, 0.15) is 0 Å². The van der Waals surface area contributed by atoms with Crippen LogP contribution in [-0.4, -0.2) is 75.6 Å². The van der Waals surface area contributed by atoms with Crippen LogP contribution in [0.2, 0.25) is 0 Å². The van der Waals surface area contributed by atoms with Gasteiger partial charge in [-0.2, -0.15) is 0 Å². The van der Waals surface area contributed by atoms with Crippen molar-refractivity contribution in [2.75, 3.05) is 54.0 Å². The van der Waals surface area contributed by atoms with Gasteiger partial charge < -0.3 is 19.9 Å². The van der Waals surface area contributed by atoms with Crippen LogP contribution in [0, 0.1) is 5.92 Å². The van der Waals surface area contributed by atoms with E-state index in [0.717, 1.165) is 25.9 Å². The third-order valence-electron chi connectivity index (χ3n) is 3.39. The van der Waals surface area contributed by atoms with Gasteiger partial charge in [-0.05, 0) is 25.9 Å². The number of hydrogen-bond donors (Lipinski definition) is 1. The van der Waals surface area contributed by atoms with E-state index in [4.69, 9.17) is 4.74 Å². The van der Waals surface area contributed by atoms with E-state index in [2.05, 4.69) is 5.32 Å². The maximum Gasteiger partial charge on any atom is 0.241 e. The van der Waals surface area contributed by atoms with Crippen LogP contribution >= 0.6 is 0 Å². The summed E-state index contributed by atoms with van der Waals surface area (Å²) in [6.07, 6.45) is 1.69. The second-order valence-electron chi connectivity index (χ2n) is 5.07. The van der Waals surface area contributed by atoms with E-state index in [9.17, 15) is 9.59 Å². The van der Waals surface area contributed by atoms with Crippen LogP contribution in [0.1, 0.15) is 12.8 Å². The van der Waals surface area contributed by atoms with E-state index >= 15 is 0 Å². The van der Waals surface area contributed by atoms with E-state index in [1.807, 2.05) is 0 Å². The first kappa shape index (κ1) is 15.9. The Bertz CT molecular complexity index is 302. The maximum absolute atomic E-state index is 12.4. The summed E-state index contributed by atoms with van der Waals surface area (Å²) in [6.45, 7) is 2.81. The Morgan fingerprint density at radius 3 is 2.42 bits per heavy atom. The molecule has 0 aromatic rings. The van der Waals surface area contributed by atoms with Gasteiger partial charge in [-0.15, -0.1) is 0 Å². The van der Waals surface area contributed by atoms with Crippen LogP contribution < -0.4 is 5.32 Å². The monoisotopic (exact) mass is 271 g/mol. The van der Waals surface area contributed by atoms with Crippen LogP contribution in [0.15, 0.2) is 0 Å². The molecular weight excluding hydrogens is 246 g/mol.